The smallest absolute Gasteiger partial charge is 0.234 e. The van der Waals surface area contributed by atoms with E-state index in [4.69, 9.17) is 4.74 Å². The van der Waals surface area contributed by atoms with Crippen molar-refractivity contribution in [1.82, 2.24) is 10.2 Å². The molecule has 0 unspecified atom stereocenters. The highest BCUT2D eigenvalue weighted by Crippen LogP contribution is 2.44. The molecule has 1 aromatic carbocycles. The van der Waals surface area contributed by atoms with Gasteiger partial charge in [0.25, 0.3) is 0 Å². The number of carbonyl (C=O) groups is 1. The van der Waals surface area contributed by atoms with Crippen molar-refractivity contribution >= 4 is 11.6 Å². The average molecular weight is 343 g/mol. The zero-order valence-electron chi connectivity index (χ0n) is 15.1. The third-order valence-electron chi connectivity index (χ3n) is 6.26. The van der Waals surface area contributed by atoms with Crippen LogP contribution in [0.15, 0.2) is 24.3 Å². The summed E-state index contributed by atoms with van der Waals surface area (Å²) in [6.45, 7) is 4.36. The molecule has 1 saturated heterocycles. The van der Waals surface area contributed by atoms with Crippen molar-refractivity contribution in [3.05, 3.63) is 24.3 Å². The Morgan fingerprint density at radius 3 is 2.48 bits per heavy atom. The number of anilines is 1. The number of benzene rings is 1. The lowest BCUT2D eigenvalue weighted by atomic mass is 9.95. The molecule has 136 valence electrons. The number of methoxy groups -OCH3 is 1. The highest BCUT2D eigenvalue weighted by molar-refractivity contribution is 5.78. The molecule has 5 heteroatoms. The Labute approximate surface area is 150 Å². The van der Waals surface area contributed by atoms with Gasteiger partial charge in [-0.3, -0.25) is 9.69 Å². The topological polar surface area (TPSA) is 44.8 Å². The molecule has 1 amide bonds. The van der Waals surface area contributed by atoms with E-state index in [1.807, 2.05) is 12.1 Å². The van der Waals surface area contributed by atoms with Crippen molar-refractivity contribution in [2.24, 2.45) is 11.8 Å². The van der Waals surface area contributed by atoms with Crippen molar-refractivity contribution in [2.75, 3.05) is 44.7 Å². The van der Waals surface area contributed by atoms with Gasteiger partial charge in [0.05, 0.1) is 13.7 Å². The molecular formula is C20H29N3O2. The lowest BCUT2D eigenvalue weighted by Crippen LogP contribution is -2.51. The SMILES string of the molecule is COc1ccc(N2CCN(CC(=O)N[C@H]3C[C@H]4CC[C@H]3C4)CC2)cc1. The van der Waals surface area contributed by atoms with Crippen molar-refractivity contribution in [1.29, 1.82) is 0 Å². The number of ether oxygens (including phenoxy) is 1. The summed E-state index contributed by atoms with van der Waals surface area (Å²) in [6, 6.07) is 8.67. The second kappa shape index (κ2) is 7.24. The van der Waals surface area contributed by atoms with Crippen molar-refractivity contribution in [3.63, 3.8) is 0 Å². The summed E-state index contributed by atoms with van der Waals surface area (Å²) in [6.07, 6.45) is 5.24. The van der Waals surface area contributed by atoms with Gasteiger partial charge in [0.2, 0.25) is 5.91 Å². The van der Waals surface area contributed by atoms with Crippen LogP contribution in [0, 0.1) is 11.8 Å². The molecule has 2 aliphatic carbocycles. The molecule has 2 saturated carbocycles. The van der Waals surface area contributed by atoms with Crippen LogP contribution in [0.3, 0.4) is 0 Å². The van der Waals surface area contributed by atoms with Gasteiger partial charge >= 0.3 is 0 Å². The minimum Gasteiger partial charge on any atom is -0.497 e. The number of hydrogen-bond acceptors (Lipinski definition) is 4. The van der Waals surface area contributed by atoms with Gasteiger partial charge in [-0.2, -0.15) is 0 Å². The van der Waals surface area contributed by atoms with Crippen molar-refractivity contribution in [2.45, 2.75) is 31.7 Å². The van der Waals surface area contributed by atoms with Crippen LogP contribution in [-0.4, -0.2) is 56.7 Å². The van der Waals surface area contributed by atoms with E-state index in [1.165, 1.54) is 31.4 Å². The number of nitrogens with zero attached hydrogens (tertiary/aromatic N) is 2. The summed E-state index contributed by atoms with van der Waals surface area (Å²) in [5, 5.41) is 3.31. The number of amides is 1. The minimum atomic E-state index is 0.218. The molecule has 0 aromatic heterocycles. The predicted molar refractivity (Wildman–Crippen MR) is 99.0 cm³/mol. The molecule has 2 bridgehead atoms. The summed E-state index contributed by atoms with van der Waals surface area (Å²) >= 11 is 0. The molecule has 1 aliphatic heterocycles. The molecular weight excluding hydrogens is 314 g/mol. The zero-order chi connectivity index (χ0) is 17.2. The number of rotatable bonds is 5. The molecule has 1 aromatic rings. The molecule has 1 heterocycles. The van der Waals surface area contributed by atoms with E-state index in [9.17, 15) is 4.79 Å². The quantitative estimate of drug-likeness (QED) is 0.889. The van der Waals surface area contributed by atoms with E-state index in [0.717, 1.165) is 43.8 Å². The van der Waals surface area contributed by atoms with Crippen LogP contribution in [0.4, 0.5) is 5.69 Å². The van der Waals surface area contributed by atoms with E-state index in [2.05, 4.69) is 27.2 Å². The summed E-state index contributed by atoms with van der Waals surface area (Å²) < 4.78 is 5.22. The van der Waals surface area contributed by atoms with E-state index in [-0.39, 0.29) is 5.91 Å². The summed E-state index contributed by atoms with van der Waals surface area (Å²) in [7, 11) is 1.69. The second-order valence-corrected chi connectivity index (χ2v) is 7.81. The van der Waals surface area contributed by atoms with Crippen LogP contribution < -0.4 is 15.0 Å². The number of carbonyl (C=O) groups excluding carboxylic acids is 1. The lowest BCUT2D eigenvalue weighted by Gasteiger charge is -2.36. The first-order valence-corrected chi connectivity index (χ1v) is 9.62. The van der Waals surface area contributed by atoms with E-state index < -0.39 is 0 Å². The Kier molecular flexibility index (Phi) is 4.84. The van der Waals surface area contributed by atoms with Gasteiger partial charge in [0.15, 0.2) is 0 Å². The van der Waals surface area contributed by atoms with Gasteiger partial charge in [0, 0.05) is 37.9 Å². The van der Waals surface area contributed by atoms with Gasteiger partial charge in [-0.1, -0.05) is 6.42 Å². The van der Waals surface area contributed by atoms with Gasteiger partial charge in [-0.05, 0) is 55.4 Å². The Morgan fingerprint density at radius 2 is 1.88 bits per heavy atom. The van der Waals surface area contributed by atoms with Gasteiger partial charge in [-0.25, -0.2) is 0 Å². The first-order chi connectivity index (χ1) is 12.2. The maximum absolute atomic E-state index is 12.4. The monoisotopic (exact) mass is 343 g/mol. The van der Waals surface area contributed by atoms with Crippen molar-refractivity contribution in [3.8, 4) is 5.75 Å². The van der Waals surface area contributed by atoms with Crippen LogP contribution in [0.2, 0.25) is 0 Å². The summed E-state index contributed by atoms with van der Waals surface area (Å²) in [5.74, 6) is 2.74. The minimum absolute atomic E-state index is 0.218. The fourth-order valence-corrected chi connectivity index (χ4v) is 4.83. The third kappa shape index (κ3) is 3.76. The van der Waals surface area contributed by atoms with Crippen molar-refractivity contribution < 1.29 is 9.53 Å². The van der Waals surface area contributed by atoms with Crippen LogP contribution in [0.25, 0.3) is 0 Å². The maximum atomic E-state index is 12.4. The lowest BCUT2D eigenvalue weighted by molar-refractivity contribution is -0.123. The first-order valence-electron chi connectivity index (χ1n) is 9.62. The largest absolute Gasteiger partial charge is 0.497 e. The highest BCUT2D eigenvalue weighted by atomic mass is 16.5. The molecule has 5 nitrogen and oxygen atoms in total. The van der Waals surface area contributed by atoms with Gasteiger partial charge < -0.3 is 15.0 Å². The number of piperazine rings is 1. The zero-order valence-corrected chi connectivity index (χ0v) is 15.1. The number of fused-ring (bicyclic) bond motifs is 2. The first kappa shape index (κ1) is 16.7. The van der Waals surface area contributed by atoms with E-state index >= 15 is 0 Å². The fourth-order valence-electron chi connectivity index (χ4n) is 4.83. The van der Waals surface area contributed by atoms with E-state index in [1.54, 1.807) is 7.11 Å². The number of hydrogen-bond donors (Lipinski definition) is 1. The molecule has 1 N–H and O–H groups in total. The molecule has 0 spiro atoms. The molecule has 3 fully saturated rings. The number of nitrogens with one attached hydrogen (secondary N) is 1. The summed E-state index contributed by atoms with van der Waals surface area (Å²) in [5.41, 5.74) is 1.23. The molecule has 3 atom stereocenters. The highest BCUT2D eigenvalue weighted by Gasteiger charge is 2.40. The fraction of sp³-hybridized carbons (Fsp3) is 0.650. The second-order valence-electron chi connectivity index (χ2n) is 7.81. The molecule has 4 rings (SSSR count). The normalized spacial score (nSPS) is 29.0. The van der Waals surface area contributed by atoms with Gasteiger partial charge in [-0.15, -0.1) is 0 Å². The van der Waals surface area contributed by atoms with E-state index in [0.29, 0.717) is 12.6 Å². The van der Waals surface area contributed by atoms with Gasteiger partial charge in [0.1, 0.15) is 5.75 Å². The Balaban J connectivity index is 1.22. The molecule has 3 aliphatic rings. The average Bonchev–Trinajstić information content (AvgIpc) is 3.25. The Morgan fingerprint density at radius 1 is 1.12 bits per heavy atom. The third-order valence-corrected chi connectivity index (χ3v) is 6.26. The standard InChI is InChI=1S/C20H29N3O2/c1-25-18-6-4-17(5-7-18)23-10-8-22(9-11-23)14-20(24)21-19-13-15-2-3-16(19)12-15/h4-7,15-16,19H,2-3,8-14H2,1H3,(H,21,24)/t15-,16-,19-/m0/s1. The Hall–Kier alpha value is -1.75. The Bertz CT molecular complexity index is 595. The predicted octanol–water partition coefficient (Wildman–Crippen LogP) is 2.12. The maximum Gasteiger partial charge on any atom is 0.234 e. The molecule has 25 heavy (non-hydrogen) atoms. The summed E-state index contributed by atoms with van der Waals surface area (Å²) in [4.78, 5) is 17.0. The van der Waals surface area contributed by atoms with Crippen LogP contribution >= 0.6 is 0 Å². The van der Waals surface area contributed by atoms with Crippen LogP contribution in [0.1, 0.15) is 25.7 Å². The van der Waals surface area contributed by atoms with Crippen LogP contribution in [0.5, 0.6) is 5.75 Å². The van der Waals surface area contributed by atoms with Crippen LogP contribution in [-0.2, 0) is 4.79 Å². The molecule has 0 radical (unpaired) electrons.